The van der Waals surface area contributed by atoms with E-state index in [4.69, 9.17) is 9.72 Å². The van der Waals surface area contributed by atoms with Gasteiger partial charge in [0.25, 0.3) is 5.91 Å². The van der Waals surface area contributed by atoms with Gasteiger partial charge in [-0.3, -0.25) is 4.79 Å². The summed E-state index contributed by atoms with van der Waals surface area (Å²) in [6.07, 6.45) is 0.345. The number of anilines is 2. The molecule has 0 fully saturated rings. The molecule has 0 spiro atoms. The highest BCUT2D eigenvalue weighted by Crippen LogP contribution is 2.32. The van der Waals surface area contributed by atoms with Gasteiger partial charge >= 0.3 is 5.97 Å². The van der Waals surface area contributed by atoms with Crippen LogP contribution in [-0.2, 0) is 4.79 Å². The molecule has 1 heterocycles. The van der Waals surface area contributed by atoms with Crippen molar-refractivity contribution in [3.8, 4) is 16.9 Å². The molecule has 8 heteroatoms. The zero-order valence-corrected chi connectivity index (χ0v) is 23.1. The standard InChI is InChI=1S/C30H33N3O4S/c1-17(2)14-25(29(35)36)32-28(34)23-12-8-21(15-26(23)37-5)19-6-10-22(11-7-19)31-30-33-24-13-9-20(18(3)4)16-27(24)38-30/h6-13,15-18,25H,14H2,1-5H3,(H,31,33)(H,32,34)(H,35,36)/t25-/m0/s1. The molecule has 38 heavy (non-hydrogen) atoms. The van der Waals surface area contributed by atoms with Gasteiger partial charge in [-0.15, -0.1) is 0 Å². The monoisotopic (exact) mass is 531 g/mol. The van der Waals surface area contributed by atoms with Crippen LogP contribution in [0.1, 0.15) is 56.0 Å². The number of carbonyl (C=O) groups excluding carboxylic acids is 1. The molecule has 1 aromatic heterocycles. The lowest BCUT2D eigenvalue weighted by atomic mass is 10.0. The lowest BCUT2D eigenvalue weighted by molar-refractivity contribution is -0.139. The number of carboxylic acid groups (broad SMARTS) is 1. The molecule has 0 bridgehead atoms. The molecular formula is C30H33N3O4S. The van der Waals surface area contributed by atoms with Gasteiger partial charge in [-0.05, 0) is 71.3 Å². The topological polar surface area (TPSA) is 101 Å². The molecule has 4 rings (SSSR count). The van der Waals surface area contributed by atoms with Gasteiger partial charge in [-0.25, -0.2) is 9.78 Å². The van der Waals surface area contributed by atoms with Gasteiger partial charge in [0.1, 0.15) is 11.8 Å². The van der Waals surface area contributed by atoms with Gasteiger partial charge in [0.15, 0.2) is 5.13 Å². The maximum absolute atomic E-state index is 12.8. The zero-order chi connectivity index (χ0) is 27.4. The molecule has 1 amide bonds. The fraction of sp³-hybridized carbons (Fsp3) is 0.300. The summed E-state index contributed by atoms with van der Waals surface area (Å²) >= 11 is 1.63. The largest absolute Gasteiger partial charge is 0.496 e. The first-order valence-electron chi connectivity index (χ1n) is 12.6. The highest BCUT2D eigenvalue weighted by molar-refractivity contribution is 7.22. The number of carbonyl (C=O) groups is 2. The molecule has 7 nitrogen and oxygen atoms in total. The number of ether oxygens (including phenoxy) is 1. The van der Waals surface area contributed by atoms with Crippen LogP contribution in [0.15, 0.2) is 60.7 Å². The fourth-order valence-corrected chi connectivity index (χ4v) is 5.14. The molecule has 0 aliphatic carbocycles. The second-order valence-corrected chi connectivity index (χ2v) is 11.0. The SMILES string of the molecule is COc1cc(-c2ccc(Nc3nc4ccc(C(C)C)cc4s3)cc2)ccc1C(=O)N[C@@H](CC(C)C)C(=O)O. The number of thiazole rings is 1. The van der Waals surface area contributed by atoms with Gasteiger partial charge < -0.3 is 20.5 Å². The van der Waals surface area contributed by atoms with Crippen LogP contribution in [0.4, 0.5) is 10.8 Å². The fourth-order valence-electron chi connectivity index (χ4n) is 4.21. The molecule has 0 saturated heterocycles. The lowest BCUT2D eigenvalue weighted by Crippen LogP contribution is -2.41. The first kappa shape index (κ1) is 27.1. The summed E-state index contributed by atoms with van der Waals surface area (Å²) < 4.78 is 6.64. The van der Waals surface area contributed by atoms with Crippen molar-refractivity contribution in [1.82, 2.24) is 10.3 Å². The van der Waals surface area contributed by atoms with Gasteiger partial charge in [-0.2, -0.15) is 0 Å². The molecular weight excluding hydrogens is 498 g/mol. The molecule has 0 radical (unpaired) electrons. The van der Waals surface area contributed by atoms with Crippen molar-refractivity contribution in [2.24, 2.45) is 5.92 Å². The maximum Gasteiger partial charge on any atom is 0.326 e. The Balaban J connectivity index is 1.49. The van der Waals surface area contributed by atoms with Crippen LogP contribution in [0.5, 0.6) is 5.75 Å². The Morgan fingerprint density at radius 3 is 2.32 bits per heavy atom. The van der Waals surface area contributed by atoms with Gasteiger partial charge in [-0.1, -0.05) is 63.3 Å². The summed E-state index contributed by atoms with van der Waals surface area (Å²) in [7, 11) is 1.49. The van der Waals surface area contributed by atoms with Gasteiger partial charge in [0.05, 0.1) is 22.9 Å². The van der Waals surface area contributed by atoms with Crippen molar-refractivity contribution in [3.63, 3.8) is 0 Å². The van der Waals surface area contributed by atoms with E-state index in [2.05, 4.69) is 42.7 Å². The minimum atomic E-state index is -1.05. The van der Waals surface area contributed by atoms with Crippen molar-refractivity contribution in [1.29, 1.82) is 0 Å². The Labute approximate surface area is 226 Å². The maximum atomic E-state index is 12.8. The van der Waals surface area contributed by atoms with Crippen LogP contribution in [0.3, 0.4) is 0 Å². The van der Waals surface area contributed by atoms with E-state index < -0.39 is 17.9 Å². The van der Waals surface area contributed by atoms with E-state index in [1.807, 2.05) is 44.2 Å². The first-order chi connectivity index (χ1) is 18.1. The summed E-state index contributed by atoms with van der Waals surface area (Å²) in [4.78, 5) is 29.1. The van der Waals surface area contributed by atoms with Crippen LogP contribution < -0.4 is 15.4 Å². The summed E-state index contributed by atoms with van der Waals surface area (Å²) in [6, 6.07) is 18.7. The first-order valence-corrected chi connectivity index (χ1v) is 13.5. The van der Waals surface area contributed by atoms with E-state index >= 15 is 0 Å². The third kappa shape index (κ3) is 6.31. The number of hydrogen-bond acceptors (Lipinski definition) is 6. The van der Waals surface area contributed by atoms with E-state index in [1.165, 1.54) is 12.7 Å². The molecule has 1 atom stereocenters. The number of nitrogens with zero attached hydrogens (tertiary/aromatic N) is 1. The van der Waals surface area contributed by atoms with Gasteiger partial charge in [0, 0.05) is 5.69 Å². The summed E-state index contributed by atoms with van der Waals surface area (Å²) in [5.41, 5.74) is 5.32. The summed E-state index contributed by atoms with van der Waals surface area (Å²) in [6.45, 7) is 8.20. The molecule has 3 N–H and O–H groups in total. The highest BCUT2D eigenvalue weighted by Gasteiger charge is 2.23. The average Bonchev–Trinajstić information content (AvgIpc) is 3.29. The van der Waals surface area contributed by atoms with Crippen LogP contribution in [0.25, 0.3) is 21.3 Å². The van der Waals surface area contributed by atoms with E-state index in [9.17, 15) is 14.7 Å². The van der Waals surface area contributed by atoms with E-state index in [0.29, 0.717) is 23.7 Å². The summed E-state index contributed by atoms with van der Waals surface area (Å²) in [5.74, 6) is -0.546. The van der Waals surface area contributed by atoms with Crippen molar-refractivity contribution in [3.05, 3.63) is 71.8 Å². The predicted molar refractivity (Wildman–Crippen MR) is 154 cm³/mol. The Morgan fingerprint density at radius 1 is 0.974 bits per heavy atom. The van der Waals surface area contributed by atoms with E-state index in [1.54, 1.807) is 23.5 Å². The molecule has 198 valence electrons. The summed E-state index contributed by atoms with van der Waals surface area (Å²) in [5, 5.41) is 16.3. The third-order valence-electron chi connectivity index (χ3n) is 6.31. The van der Waals surface area contributed by atoms with Crippen molar-refractivity contribution in [2.75, 3.05) is 12.4 Å². The normalized spacial score (nSPS) is 12.1. The van der Waals surface area contributed by atoms with Crippen LogP contribution in [0, 0.1) is 5.92 Å². The number of amides is 1. The van der Waals surface area contributed by atoms with Crippen molar-refractivity contribution in [2.45, 2.75) is 46.1 Å². The van der Waals surface area contributed by atoms with Crippen molar-refractivity contribution < 1.29 is 19.4 Å². The molecule has 0 saturated carbocycles. The smallest absolute Gasteiger partial charge is 0.326 e. The Hall–Kier alpha value is -3.91. The van der Waals surface area contributed by atoms with Crippen LogP contribution in [0.2, 0.25) is 0 Å². The lowest BCUT2D eigenvalue weighted by Gasteiger charge is -2.18. The van der Waals surface area contributed by atoms with Crippen molar-refractivity contribution >= 4 is 44.2 Å². The Bertz CT molecular complexity index is 1440. The predicted octanol–water partition coefficient (Wildman–Crippen LogP) is 7.07. The zero-order valence-electron chi connectivity index (χ0n) is 22.2. The molecule has 3 aromatic carbocycles. The molecule has 0 unspecified atom stereocenters. The van der Waals surface area contributed by atoms with Crippen LogP contribution >= 0.6 is 11.3 Å². The number of benzene rings is 3. The average molecular weight is 532 g/mol. The van der Waals surface area contributed by atoms with E-state index in [0.717, 1.165) is 32.2 Å². The number of aliphatic carboxylic acids is 1. The molecule has 4 aromatic rings. The number of aromatic nitrogens is 1. The second-order valence-electron chi connectivity index (χ2n) is 10.0. The molecule has 0 aliphatic rings. The van der Waals surface area contributed by atoms with E-state index in [-0.39, 0.29) is 5.92 Å². The number of hydrogen-bond donors (Lipinski definition) is 3. The number of nitrogens with one attached hydrogen (secondary N) is 2. The quantitative estimate of drug-likeness (QED) is 0.202. The molecule has 0 aliphatic heterocycles. The minimum Gasteiger partial charge on any atom is -0.496 e. The third-order valence-corrected chi connectivity index (χ3v) is 7.24. The second kappa shape index (κ2) is 11.6. The number of fused-ring (bicyclic) bond motifs is 1. The minimum absolute atomic E-state index is 0.130. The Morgan fingerprint density at radius 2 is 1.68 bits per heavy atom. The number of carboxylic acids is 1. The van der Waals surface area contributed by atoms with Gasteiger partial charge in [0.2, 0.25) is 0 Å². The highest BCUT2D eigenvalue weighted by atomic mass is 32.1. The number of methoxy groups -OCH3 is 1. The Kier molecular flexibility index (Phi) is 8.32. The van der Waals surface area contributed by atoms with Crippen LogP contribution in [-0.4, -0.2) is 35.1 Å². The number of rotatable bonds is 10.